The molecule has 82 valence electrons. The highest BCUT2D eigenvalue weighted by atomic mass is 15.1. The summed E-state index contributed by atoms with van der Waals surface area (Å²) in [7, 11) is 3.78. The van der Waals surface area contributed by atoms with Gasteiger partial charge in [0, 0.05) is 25.7 Å². The lowest BCUT2D eigenvalue weighted by Gasteiger charge is -2.04. The molecule has 1 aromatic rings. The van der Waals surface area contributed by atoms with Crippen molar-refractivity contribution in [3.8, 4) is 6.07 Å². The molecule has 1 fully saturated rings. The zero-order chi connectivity index (χ0) is 11.5. The van der Waals surface area contributed by atoms with Crippen LogP contribution in [0.2, 0.25) is 0 Å². The number of nitriles is 1. The number of rotatable bonds is 3. The molecule has 2 rings (SSSR count). The van der Waals surface area contributed by atoms with Gasteiger partial charge in [0.15, 0.2) is 5.82 Å². The summed E-state index contributed by atoms with van der Waals surface area (Å²) in [6.07, 6.45) is 4.07. The van der Waals surface area contributed by atoms with E-state index in [1.807, 2.05) is 31.1 Å². The van der Waals surface area contributed by atoms with E-state index in [1.165, 1.54) is 12.8 Å². The van der Waals surface area contributed by atoms with Gasteiger partial charge in [-0.2, -0.15) is 5.26 Å². The molecule has 1 heterocycles. The van der Waals surface area contributed by atoms with Crippen molar-refractivity contribution in [3.05, 3.63) is 23.4 Å². The van der Waals surface area contributed by atoms with Gasteiger partial charge in [-0.1, -0.05) is 0 Å². The first-order chi connectivity index (χ1) is 7.70. The minimum absolute atomic E-state index is 0.528. The third-order valence-electron chi connectivity index (χ3n) is 2.42. The molecule has 0 amide bonds. The predicted octanol–water partition coefficient (Wildman–Crippen LogP) is 2.05. The molecule has 0 spiro atoms. The molecule has 0 aliphatic heterocycles. The van der Waals surface area contributed by atoms with Gasteiger partial charge in [-0.05, 0) is 25.0 Å². The van der Waals surface area contributed by atoms with E-state index >= 15 is 0 Å². The van der Waals surface area contributed by atoms with Crippen molar-refractivity contribution < 1.29 is 0 Å². The highest BCUT2D eigenvalue weighted by Gasteiger charge is 2.25. The van der Waals surface area contributed by atoms with Crippen LogP contribution in [0.15, 0.2) is 17.1 Å². The van der Waals surface area contributed by atoms with Gasteiger partial charge in [-0.15, -0.1) is 0 Å². The average Bonchev–Trinajstić information content (AvgIpc) is 3.09. The topological polar surface area (TPSA) is 52.3 Å². The molecule has 4 heteroatoms. The Morgan fingerprint density at radius 2 is 2.25 bits per heavy atom. The predicted molar refractivity (Wildman–Crippen MR) is 62.8 cm³/mol. The number of nitrogens with zero attached hydrogens (tertiary/aromatic N) is 4. The molecule has 1 saturated carbocycles. The minimum atomic E-state index is 0.528. The second kappa shape index (κ2) is 4.31. The summed E-state index contributed by atoms with van der Waals surface area (Å²) in [5.41, 5.74) is 1.59. The minimum Gasteiger partial charge on any atom is -0.369 e. The summed E-state index contributed by atoms with van der Waals surface area (Å²) in [5.74, 6) is 1.11. The van der Waals surface area contributed by atoms with Crippen molar-refractivity contribution in [3.63, 3.8) is 0 Å². The van der Waals surface area contributed by atoms with E-state index in [0.717, 1.165) is 5.69 Å². The fourth-order valence-electron chi connectivity index (χ4n) is 1.43. The van der Waals surface area contributed by atoms with E-state index < -0.39 is 0 Å². The van der Waals surface area contributed by atoms with Gasteiger partial charge in [-0.25, -0.2) is 9.98 Å². The van der Waals surface area contributed by atoms with Crippen molar-refractivity contribution in [1.29, 1.82) is 5.26 Å². The lowest BCUT2D eigenvalue weighted by atomic mass is 10.2. The van der Waals surface area contributed by atoms with Crippen molar-refractivity contribution in [1.82, 2.24) is 9.88 Å². The smallest absolute Gasteiger partial charge is 0.171 e. The first-order valence-electron chi connectivity index (χ1n) is 5.32. The quantitative estimate of drug-likeness (QED) is 0.571. The summed E-state index contributed by atoms with van der Waals surface area (Å²) in [6.45, 7) is 0. The van der Waals surface area contributed by atoms with Crippen LogP contribution in [0.1, 0.15) is 30.0 Å². The van der Waals surface area contributed by atoms with E-state index in [4.69, 9.17) is 5.26 Å². The number of pyridine rings is 1. The van der Waals surface area contributed by atoms with Crippen LogP contribution in [0.25, 0.3) is 0 Å². The monoisotopic (exact) mass is 214 g/mol. The van der Waals surface area contributed by atoms with E-state index in [2.05, 4.69) is 16.0 Å². The largest absolute Gasteiger partial charge is 0.369 e. The zero-order valence-electron chi connectivity index (χ0n) is 9.51. The summed E-state index contributed by atoms with van der Waals surface area (Å²) in [5, 5.41) is 8.95. The van der Waals surface area contributed by atoms with Crippen molar-refractivity contribution in [2.24, 2.45) is 4.99 Å². The van der Waals surface area contributed by atoms with Crippen molar-refractivity contribution >= 4 is 12.2 Å². The van der Waals surface area contributed by atoms with Crippen LogP contribution >= 0.6 is 0 Å². The summed E-state index contributed by atoms with van der Waals surface area (Å²) in [6, 6.07) is 5.86. The van der Waals surface area contributed by atoms with Gasteiger partial charge in [0.1, 0.15) is 6.07 Å². The molecule has 16 heavy (non-hydrogen) atoms. The van der Waals surface area contributed by atoms with E-state index in [9.17, 15) is 0 Å². The molecule has 0 atom stereocenters. The van der Waals surface area contributed by atoms with Crippen molar-refractivity contribution in [2.75, 3.05) is 14.1 Å². The second-order valence-electron chi connectivity index (χ2n) is 4.20. The molecule has 1 aromatic heterocycles. The van der Waals surface area contributed by atoms with E-state index in [1.54, 1.807) is 6.34 Å². The van der Waals surface area contributed by atoms with Crippen LogP contribution in [-0.4, -0.2) is 30.3 Å². The molecule has 4 nitrogen and oxygen atoms in total. The maximum absolute atomic E-state index is 8.95. The first kappa shape index (κ1) is 10.6. The van der Waals surface area contributed by atoms with Gasteiger partial charge in [0.25, 0.3) is 0 Å². The fourth-order valence-corrected chi connectivity index (χ4v) is 1.43. The van der Waals surface area contributed by atoms with Crippen molar-refractivity contribution in [2.45, 2.75) is 18.8 Å². The molecule has 1 aliphatic rings. The van der Waals surface area contributed by atoms with E-state index in [-0.39, 0.29) is 0 Å². The molecule has 0 unspecified atom stereocenters. The number of hydrogen-bond acceptors (Lipinski definition) is 3. The SMILES string of the molecule is CN(C)/C=N\c1nc(C2CC2)ccc1C#N. The lowest BCUT2D eigenvalue weighted by molar-refractivity contribution is 0.643. The summed E-state index contributed by atoms with van der Waals surface area (Å²) >= 11 is 0. The average molecular weight is 214 g/mol. The van der Waals surface area contributed by atoms with Crippen LogP contribution in [0, 0.1) is 11.3 Å². The molecule has 0 saturated heterocycles. The van der Waals surface area contributed by atoms with Gasteiger partial charge < -0.3 is 4.90 Å². The van der Waals surface area contributed by atoms with Crippen LogP contribution < -0.4 is 0 Å². The fraction of sp³-hybridized carbons (Fsp3) is 0.417. The maximum Gasteiger partial charge on any atom is 0.171 e. The molecule has 0 bridgehead atoms. The van der Waals surface area contributed by atoms with Gasteiger partial charge in [0.05, 0.1) is 11.9 Å². The highest BCUT2D eigenvalue weighted by Crippen LogP contribution is 2.39. The number of aromatic nitrogens is 1. The molecule has 0 radical (unpaired) electrons. The maximum atomic E-state index is 8.95. The Kier molecular flexibility index (Phi) is 2.86. The van der Waals surface area contributed by atoms with Gasteiger partial charge in [-0.3, -0.25) is 0 Å². The Bertz CT molecular complexity index is 453. The Labute approximate surface area is 95.2 Å². The van der Waals surface area contributed by atoms with Gasteiger partial charge >= 0.3 is 0 Å². The van der Waals surface area contributed by atoms with Crippen LogP contribution in [0.3, 0.4) is 0 Å². The molecular weight excluding hydrogens is 200 g/mol. The second-order valence-corrected chi connectivity index (χ2v) is 4.20. The van der Waals surface area contributed by atoms with Gasteiger partial charge in [0.2, 0.25) is 0 Å². The third-order valence-corrected chi connectivity index (χ3v) is 2.42. The van der Waals surface area contributed by atoms with Crippen LogP contribution in [0.4, 0.5) is 5.82 Å². The standard InChI is InChI=1S/C12H14N4/c1-16(2)8-14-12-10(7-13)5-6-11(15-12)9-3-4-9/h5-6,8-9H,3-4H2,1-2H3/b14-8-. The highest BCUT2D eigenvalue weighted by molar-refractivity contribution is 5.62. The molecule has 0 aromatic carbocycles. The third kappa shape index (κ3) is 2.37. The van der Waals surface area contributed by atoms with Crippen LogP contribution in [0.5, 0.6) is 0 Å². The van der Waals surface area contributed by atoms with Crippen LogP contribution in [-0.2, 0) is 0 Å². The zero-order valence-corrected chi connectivity index (χ0v) is 9.51. The number of hydrogen-bond donors (Lipinski definition) is 0. The number of aliphatic imine (C=N–C) groups is 1. The Morgan fingerprint density at radius 1 is 1.50 bits per heavy atom. The summed E-state index contributed by atoms with van der Waals surface area (Å²) in [4.78, 5) is 10.5. The lowest BCUT2D eigenvalue weighted by Crippen LogP contribution is -2.07. The van der Waals surface area contributed by atoms with E-state index in [0.29, 0.717) is 17.3 Å². The Morgan fingerprint density at radius 3 is 2.81 bits per heavy atom. The summed E-state index contributed by atoms with van der Waals surface area (Å²) < 4.78 is 0. The normalized spacial score (nSPS) is 15.1. The Hall–Kier alpha value is -1.89. The first-order valence-corrected chi connectivity index (χ1v) is 5.32. The molecule has 0 N–H and O–H groups in total. The Balaban J connectivity index is 2.32. The molecular formula is C12H14N4. The molecule has 1 aliphatic carbocycles.